The molecule has 0 amide bonds. The number of hydrogen-bond acceptors (Lipinski definition) is 7. The standard InChI is InChI=1S/C17H17ClN2O6S/c1-25-15-3-2-11(18)5-16(15)27(23,24)20-12-6-13-14(22)4-10(8-21)9-26-17(13)19-7-12/h2-3,5-7,10,20-21H,4,8-9H2,1H3/t10-/m0/s1. The molecule has 8 nitrogen and oxygen atoms in total. The topological polar surface area (TPSA) is 115 Å². The van der Waals surface area contributed by atoms with Crippen LogP contribution < -0.4 is 14.2 Å². The molecule has 0 saturated heterocycles. The largest absolute Gasteiger partial charge is 0.495 e. The number of benzene rings is 1. The van der Waals surface area contributed by atoms with E-state index in [1.165, 1.54) is 37.6 Å². The van der Waals surface area contributed by atoms with Crippen LogP contribution in [0.4, 0.5) is 5.69 Å². The van der Waals surface area contributed by atoms with Crippen LogP contribution in [0.1, 0.15) is 16.8 Å². The summed E-state index contributed by atoms with van der Waals surface area (Å²) in [6.45, 7) is -0.0270. The molecule has 1 aliphatic rings. The van der Waals surface area contributed by atoms with Crippen molar-refractivity contribution in [3.63, 3.8) is 0 Å². The molecule has 27 heavy (non-hydrogen) atoms. The summed E-state index contributed by atoms with van der Waals surface area (Å²) >= 11 is 5.90. The van der Waals surface area contributed by atoms with E-state index in [1.807, 2.05) is 0 Å². The number of anilines is 1. The number of hydrogen-bond donors (Lipinski definition) is 2. The average Bonchev–Trinajstić information content (AvgIpc) is 2.80. The Kier molecular flexibility index (Phi) is 5.54. The predicted octanol–water partition coefficient (Wildman–Crippen LogP) is 2.12. The highest BCUT2D eigenvalue weighted by molar-refractivity contribution is 7.92. The zero-order valence-electron chi connectivity index (χ0n) is 14.3. The van der Waals surface area contributed by atoms with Gasteiger partial charge in [-0.25, -0.2) is 13.4 Å². The van der Waals surface area contributed by atoms with E-state index in [1.54, 1.807) is 0 Å². The lowest BCUT2D eigenvalue weighted by Crippen LogP contribution is -2.16. The molecular weight excluding hydrogens is 396 g/mol. The number of carbonyl (C=O) groups excluding carboxylic acids is 1. The lowest BCUT2D eigenvalue weighted by molar-refractivity contribution is 0.0927. The second-order valence-corrected chi connectivity index (χ2v) is 8.05. The Morgan fingerprint density at radius 3 is 2.89 bits per heavy atom. The van der Waals surface area contributed by atoms with Crippen molar-refractivity contribution in [3.8, 4) is 11.6 Å². The Morgan fingerprint density at radius 2 is 2.19 bits per heavy atom. The van der Waals surface area contributed by atoms with Crippen molar-refractivity contribution in [1.82, 2.24) is 4.98 Å². The summed E-state index contributed by atoms with van der Waals surface area (Å²) in [6, 6.07) is 5.58. The van der Waals surface area contributed by atoms with Gasteiger partial charge in [-0.3, -0.25) is 9.52 Å². The molecule has 1 aromatic carbocycles. The van der Waals surface area contributed by atoms with Crippen LogP contribution in [0.3, 0.4) is 0 Å². The fourth-order valence-corrected chi connectivity index (χ4v) is 4.11. The van der Waals surface area contributed by atoms with Gasteiger partial charge in [0.1, 0.15) is 10.6 Å². The Bertz CT molecular complexity index is 979. The first-order valence-corrected chi connectivity index (χ1v) is 9.83. The number of methoxy groups -OCH3 is 1. The molecule has 144 valence electrons. The van der Waals surface area contributed by atoms with Gasteiger partial charge in [0.15, 0.2) is 5.78 Å². The zero-order chi connectivity index (χ0) is 19.6. The normalized spacial score (nSPS) is 16.9. The predicted molar refractivity (Wildman–Crippen MR) is 98.1 cm³/mol. The van der Waals surface area contributed by atoms with Gasteiger partial charge in [-0.2, -0.15) is 0 Å². The van der Waals surface area contributed by atoms with Gasteiger partial charge in [-0.15, -0.1) is 0 Å². The van der Waals surface area contributed by atoms with E-state index in [2.05, 4.69) is 9.71 Å². The lowest BCUT2D eigenvalue weighted by atomic mass is 10.0. The van der Waals surface area contributed by atoms with Crippen molar-refractivity contribution in [2.75, 3.05) is 25.0 Å². The second-order valence-electron chi connectivity index (χ2n) is 5.96. The van der Waals surface area contributed by atoms with Crippen LogP contribution in [-0.2, 0) is 10.0 Å². The number of aliphatic hydroxyl groups excluding tert-OH is 1. The maximum atomic E-state index is 12.7. The highest BCUT2D eigenvalue weighted by atomic mass is 35.5. The molecule has 0 spiro atoms. The summed E-state index contributed by atoms with van der Waals surface area (Å²) in [7, 11) is -2.69. The van der Waals surface area contributed by atoms with Gasteiger partial charge in [0, 0.05) is 24.0 Å². The number of Topliss-reactive ketones (excluding diaryl/α,β-unsaturated/α-hetero) is 1. The minimum absolute atomic E-state index is 0.0868. The van der Waals surface area contributed by atoms with Crippen LogP contribution in [-0.4, -0.2) is 44.6 Å². The molecule has 2 N–H and O–H groups in total. The van der Waals surface area contributed by atoms with Gasteiger partial charge >= 0.3 is 0 Å². The maximum absolute atomic E-state index is 12.7. The Balaban J connectivity index is 1.93. The first-order valence-electron chi connectivity index (χ1n) is 7.97. The number of aliphatic hydroxyl groups is 1. The molecular formula is C17H17ClN2O6S. The smallest absolute Gasteiger partial charge is 0.265 e. The van der Waals surface area contributed by atoms with Crippen molar-refractivity contribution in [2.24, 2.45) is 5.92 Å². The molecule has 0 radical (unpaired) electrons. The SMILES string of the molecule is COc1ccc(Cl)cc1S(=O)(=O)Nc1cnc2c(c1)C(=O)C[C@@H](CO)CO2. The van der Waals surface area contributed by atoms with Crippen LogP contribution in [0, 0.1) is 5.92 Å². The Labute approximate surface area is 161 Å². The molecule has 0 aliphatic carbocycles. The van der Waals surface area contributed by atoms with Crippen LogP contribution in [0.15, 0.2) is 35.4 Å². The van der Waals surface area contributed by atoms with Crippen molar-refractivity contribution in [1.29, 1.82) is 0 Å². The van der Waals surface area contributed by atoms with E-state index in [0.717, 1.165) is 0 Å². The van der Waals surface area contributed by atoms with Crippen LogP contribution in [0.5, 0.6) is 11.6 Å². The highest BCUT2D eigenvalue weighted by Gasteiger charge is 2.26. The number of nitrogens with zero attached hydrogens (tertiary/aromatic N) is 1. The number of rotatable bonds is 5. The summed E-state index contributed by atoms with van der Waals surface area (Å²) in [5.74, 6) is -0.378. The fourth-order valence-electron chi connectivity index (χ4n) is 2.64. The van der Waals surface area contributed by atoms with Gasteiger partial charge < -0.3 is 14.6 Å². The van der Waals surface area contributed by atoms with E-state index in [4.69, 9.17) is 21.1 Å². The molecule has 2 aromatic rings. The lowest BCUT2D eigenvalue weighted by Gasteiger charge is -2.13. The number of fused-ring (bicyclic) bond motifs is 1. The van der Waals surface area contributed by atoms with Crippen molar-refractivity contribution in [3.05, 3.63) is 41.0 Å². The van der Waals surface area contributed by atoms with E-state index >= 15 is 0 Å². The Morgan fingerprint density at radius 1 is 1.41 bits per heavy atom. The van der Waals surface area contributed by atoms with E-state index in [0.29, 0.717) is 0 Å². The number of halogens is 1. The molecule has 1 atom stereocenters. The van der Waals surface area contributed by atoms with Crippen molar-refractivity contribution >= 4 is 33.1 Å². The van der Waals surface area contributed by atoms with Crippen LogP contribution >= 0.6 is 11.6 Å². The second kappa shape index (κ2) is 7.71. The Hall–Kier alpha value is -2.36. The summed E-state index contributed by atoms with van der Waals surface area (Å²) in [4.78, 5) is 16.2. The molecule has 0 unspecified atom stereocenters. The van der Waals surface area contributed by atoms with Gasteiger partial charge in [0.2, 0.25) is 5.88 Å². The zero-order valence-corrected chi connectivity index (χ0v) is 15.9. The third kappa shape index (κ3) is 4.15. The number of ether oxygens (including phenoxy) is 2. The molecule has 1 aromatic heterocycles. The number of nitrogens with one attached hydrogen (secondary N) is 1. The van der Waals surface area contributed by atoms with E-state index in [-0.39, 0.29) is 64.1 Å². The molecule has 3 rings (SSSR count). The monoisotopic (exact) mass is 412 g/mol. The maximum Gasteiger partial charge on any atom is 0.265 e. The van der Waals surface area contributed by atoms with Gasteiger partial charge in [0.05, 0.1) is 31.2 Å². The third-order valence-electron chi connectivity index (χ3n) is 4.01. The third-order valence-corrected chi connectivity index (χ3v) is 5.64. The summed E-state index contributed by atoms with van der Waals surface area (Å²) in [6.07, 6.45) is 1.34. The summed E-state index contributed by atoms with van der Waals surface area (Å²) in [5, 5.41) is 9.48. The molecule has 1 aliphatic heterocycles. The van der Waals surface area contributed by atoms with Gasteiger partial charge in [-0.05, 0) is 24.3 Å². The molecule has 10 heteroatoms. The van der Waals surface area contributed by atoms with Crippen LogP contribution in [0.25, 0.3) is 0 Å². The number of aromatic nitrogens is 1. The minimum atomic E-state index is -4.04. The van der Waals surface area contributed by atoms with Crippen LogP contribution in [0.2, 0.25) is 5.02 Å². The number of carbonyl (C=O) groups is 1. The number of sulfonamides is 1. The van der Waals surface area contributed by atoms with E-state index in [9.17, 15) is 18.3 Å². The van der Waals surface area contributed by atoms with Gasteiger partial charge in [0.25, 0.3) is 10.0 Å². The molecule has 0 bridgehead atoms. The average molecular weight is 413 g/mol. The molecule has 0 saturated carbocycles. The highest BCUT2D eigenvalue weighted by Crippen LogP contribution is 2.31. The fraction of sp³-hybridized carbons (Fsp3) is 0.294. The summed E-state index contributed by atoms with van der Waals surface area (Å²) in [5.41, 5.74) is 0.249. The summed E-state index contributed by atoms with van der Waals surface area (Å²) < 4.78 is 38.3. The van der Waals surface area contributed by atoms with Crippen molar-refractivity contribution < 1.29 is 27.8 Å². The minimum Gasteiger partial charge on any atom is -0.495 e. The van der Waals surface area contributed by atoms with Gasteiger partial charge in [-0.1, -0.05) is 11.6 Å². The first kappa shape index (κ1) is 19.4. The number of ketones is 1. The quantitative estimate of drug-likeness (QED) is 0.772. The molecule has 0 fully saturated rings. The van der Waals surface area contributed by atoms with E-state index < -0.39 is 10.0 Å². The number of pyridine rings is 1. The first-order chi connectivity index (χ1) is 12.8. The molecule has 2 heterocycles. The van der Waals surface area contributed by atoms with Crippen molar-refractivity contribution in [2.45, 2.75) is 11.3 Å².